The summed E-state index contributed by atoms with van der Waals surface area (Å²) in [5.74, 6) is 0.220. The van der Waals surface area contributed by atoms with Gasteiger partial charge in [0.15, 0.2) is 0 Å². The molecule has 0 heterocycles. The van der Waals surface area contributed by atoms with Crippen LogP contribution in [0.3, 0.4) is 0 Å². The largest absolute Gasteiger partial charge is 0.508 e. The van der Waals surface area contributed by atoms with Crippen molar-refractivity contribution in [2.45, 2.75) is 26.6 Å². The average Bonchev–Trinajstić information content (AvgIpc) is 2.49. The topological polar surface area (TPSA) is 41.5 Å². The lowest BCUT2D eigenvalue weighted by molar-refractivity contribution is 0.133. The van der Waals surface area contributed by atoms with E-state index in [0.29, 0.717) is 31.3 Å². The van der Waals surface area contributed by atoms with Gasteiger partial charge in [0.2, 0.25) is 0 Å². The van der Waals surface area contributed by atoms with Crippen molar-refractivity contribution < 1.29 is 9.84 Å². The van der Waals surface area contributed by atoms with E-state index < -0.39 is 0 Å². The summed E-state index contributed by atoms with van der Waals surface area (Å²) >= 11 is 6.09. The molecule has 0 saturated carbocycles. The fourth-order valence-corrected chi connectivity index (χ4v) is 2.36. The molecule has 112 valence electrons. The molecule has 0 bridgehead atoms. The fourth-order valence-electron chi connectivity index (χ4n) is 2.13. The van der Waals surface area contributed by atoms with Crippen molar-refractivity contribution in [3.63, 3.8) is 0 Å². The van der Waals surface area contributed by atoms with Gasteiger partial charge in [-0.2, -0.15) is 0 Å². The fraction of sp³-hybridized carbons (Fsp3) is 0.294. The Balaban J connectivity index is 1.97. The number of hydrogen-bond donors (Lipinski definition) is 2. The molecule has 2 N–H and O–H groups in total. The lowest BCUT2D eigenvalue weighted by Crippen LogP contribution is -2.14. The summed E-state index contributed by atoms with van der Waals surface area (Å²) in [4.78, 5) is 0. The number of phenolic OH excluding ortho intramolecular Hbond substituents is 1. The summed E-state index contributed by atoms with van der Waals surface area (Å²) < 4.78 is 5.47. The van der Waals surface area contributed by atoms with Crippen LogP contribution in [0.4, 0.5) is 0 Å². The van der Waals surface area contributed by atoms with E-state index in [-0.39, 0.29) is 5.75 Å². The second kappa shape index (κ2) is 8.03. The van der Waals surface area contributed by atoms with Crippen molar-refractivity contribution in [2.24, 2.45) is 0 Å². The molecule has 0 unspecified atom stereocenters. The van der Waals surface area contributed by atoms with Crippen molar-refractivity contribution in [3.05, 3.63) is 64.2 Å². The predicted molar refractivity (Wildman–Crippen MR) is 85.4 cm³/mol. The molecule has 0 saturated heterocycles. The third kappa shape index (κ3) is 4.46. The Morgan fingerprint density at radius 3 is 2.52 bits per heavy atom. The summed E-state index contributed by atoms with van der Waals surface area (Å²) in [6.07, 6.45) is 0. The molecule has 2 aromatic carbocycles. The molecule has 0 aliphatic rings. The molecule has 2 aromatic rings. The van der Waals surface area contributed by atoms with Crippen LogP contribution in [0.1, 0.15) is 23.6 Å². The van der Waals surface area contributed by atoms with Crippen LogP contribution in [-0.4, -0.2) is 11.7 Å². The van der Waals surface area contributed by atoms with E-state index in [9.17, 15) is 5.11 Å². The molecule has 0 spiro atoms. The van der Waals surface area contributed by atoms with E-state index >= 15 is 0 Å². The zero-order valence-corrected chi connectivity index (χ0v) is 12.9. The minimum Gasteiger partial charge on any atom is -0.508 e. The maximum atomic E-state index is 9.81. The molecule has 0 atom stereocenters. The highest BCUT2D eigenvalue weighted by atomic mass is 35.5. The van der Waals surface area contributed by atoms with Gasteiger partial charge in [-0.25, -0.2) is 0 Å². The van der Waals surface area contributed by atoms with Gasteiger partial charge < -0.3 is 15.2 Å². The lowest BCUT2D eigenvalue weighted by atomic mass is 10.1. The predicted octanol–water partition coefficient (Wildman–Crippen LogP) is 3.87. The van der Waals surface area contributed by atoms with Crippen molar-refractivity contribution in [2.75, 3.05) is 6.61 Å². The summed E-state index contributed by atoms with van der Waals surface area (Å²) in [6.45, 7) is 4.53. The normalized spacial score (nSPS) is 10.8. The molecule has 2 rings (SSSR count). The zero-order valence-electron chi connectivity index (χ0n) is 12.1. The van der Waals surface area contributed by atoms with Gasteiger partial charge in [0.05, 0.1) is 6.61 Å². The molecule has 0 amide bonds. The van der Waals surface area contributed by atoms with E-state index in [2.05, 4.69) is 17.4 Å². The molecule has 0 radical (unpaired) electrons. The Hall–Kier alpha value is -1.55. The highest BCUT2D eigenvalue weighted by Gasteiger charge is 2.06. The third-order valence-electron chi connectivity index (χ3n) is 3.29. The van der Waals surface area contributed by atoms with Gasteiger partial charge in [-0.1, -0.05) is 41.9 Å². The maximum Gasteiger partial charge on any atom is 0.121 e. The molecular formula is C17H20ClNO2. The Morgan fingerprint density at radius 2 is 1.81 bits per heavy atom. The quantitative estimate of drug-likeness (QED) is 0.816. The van der Waals surface area contributed by atoms with Gasteiger partial charge in [-0.15, -0.1) is 0 Å². The summed E-state index contributed by atoms with van der Waals surface area (Å²) in [6, 6.07) is 13.3. The highest BCUT2D eigenvalue weighted by Crippen LogP contribution is 2.25. The number of phenols is 1. The number of rotatable bonds is 7. The molecule has 0 aliphatic carbocycles. The van der Waals surface area contributed by atoms with Gasteiger partial charge in [-0.05, 0) is 30.2 Å². The van der Waals surface area contributed by atoms with Crippen LogP contribution in [0.15, 0.2) is 42.5 Å². The molecule has 3 nitrogen and oxygen atoms in total. The van der Waals surface area contributed by atoms with Gasteiger partial charge in [0.1, 0.15) is 5.75 Å². The first-order valence-corrected chi connectivity index (χ1v) is 7.41. The molecule has 4 heteroatoms. The van der Waals surface area contributed by atoms with Crippen LogP contribution < -0.4 is 5.32 Å². The zero-order chi connectivity index (χ0) is 15.1. The van der Waals surface area contributed by atoms with E-state index in [4.69, 9.17) is 16.3 Å². The SMILES string of the molecule is CCOCc1ccccc1CNCc1c(O)cccc1Cl. The number of aromatic hydroxyl groups is 1. The molecule has 0 fully saturated rings. The van der Waals surface area contributed by atoms with Crippen molar-refractivity contribution >= 4 is 11.6 Å². The number of halogens is 1. The lowest BCUT2D eigenvalue weighted by Gasteiger charge is -2.12. The molecule has 0 aromatic heterocycles. The molecule has 0 aliphatic heterocycles. The van der Waals surface area contributed by atoms with Crippen molar-refractivity contribution in [1.29, 1.82) is 0 Å². The van der Waals surface area contributed by atoms with E-state index in [1.54, 1.807) is 18.2 Å². The minimum atomic E-state index is 0.220. The van der Waals surface area contributed by atoms with E-state index in [0.717, 1.165) is 5.56 Å². The van der Waals surface area contributed by atoms with Crippen LogP contribution in [0.25, 0.3) is 0 Å². The first-order chi connectivity index (χ1) is 10.2. The maximum absolute atomic E-state index is 9.81. The number of benzene rings is 2. The van der Waals surface area contributed by atoms with Gasteiger partial charge in [-0.3, -0.25) is 0 Å². The smallest absolute Gasteiger partial charge is 0.121 e. The second-order valence-corrected chi connectivity index (χ2v) is 5.15. The van der Waals surface area contributed by atoms with Gasteiger partial charge in [0, 0.05) is 30.3 Å². The first-order valence-electron chi connectivity index (χ1n) is 7.04. The Kier molecular flexibility index (Phi) is 6.05. The second-order valence-electron chi connectivity index (χ2n) is 4.75. The molecular weight excluding hydrogens is 286 g/mol. The Labute approximate surface area is 130 Å². The van der Waals surface area contributed by atoms with Crippen LogP contribution >= 0.6 is 11.6 Å². The van der Waals surface area contributed by atoms with Gasteiger partial charge >= 0.3 is 0 Å². The summed E-state index contributed by atoms with van der Waals surface area (Å²) in [5, 5.41) is 13.7. The average molecular weight is 306 g/mol. The van der Waals surface area contributed by atoms with Gasteiger partial charge in [0.25, 0.3) is 0 Å². The molecule has 21 heavy (non-hydrogen) atoms. The number of ether oxygens (including phenoxy) is 1. The van der Waals surface area contributed by atoms with Crippen LogP contribution in [-0.2, 0) is 24.4 Å². The Bertz CT molecular complexity index is 567. The third-order valence-corrected chi connectivity index (χ3v) is 3.65. The standard InChI is InChI=1S/C17H20ClNO2/c1-2-21-12-14-7-4-3-6-13(14)10-19-11-15-16(18)8-5-9-17(15)20/h3-9,19-20H,2,10-12H2,1H3. The number of nitrogens with one attached hydrogen (secondary N) is 1. The minimum absolute atomic E-state index is 0.220. The van der Waals surface area contributed by atoms with Crippen molar-refractivity contribution in [1.82, 2.24) is 5.32 Å². The van der Waals surface area contributed by atoms with Crippen molar-refractivity contribution in [3.8, 4) is 5.75 Å². The van der Waals surface area contributed by atoms with E-state index in [1.807, 2.05) is 19.1 Å². The monoisotopic (exact) mass is 305 g/mol. The highest BCUT2D eigenvalue weighted by molar-refractivity contribution is 6.31. The van der Waals surface area contributed by atoms with E-state index in [1.165, 1.54) is 11.1 Å². The van der Waals surface area contributed by atoms with Crippen LogP contribution in [0.2, 0.25) is 5.02 Å². The summed E-state index contributed by atoms with van der Waals surface area (Å²) in [5.41, 5.74) is 3.09. The first kappa shape index (κ1) is 15.8. The Morgan fingerprint density at radius 1 is 1.05 bits per heavy atom. The van der Waals surface area contributed by atoms with Crippen LogP contribution in [0, 0.1) is 0 Å². The number of hydrogen-bond acceptors (Lipinski definition) is 3. The summed E-state index contributed by atoms with van der Waals surface area (Å²) in [7, 11) is 0. The van der Waals surface area contributed by atoms with Crippen LogP contribution in [0.5, 0.6) is 5.75 Å².